The van der Waals surface area contributed by atoms with Crippen LogP contribution in [0.3, 0.4) is 0 Å². The summed E-state index contributed by atoms with van der Waals surface area (Å²) >= 11 is 0. The molecule has 12 heteroatoms. The van der Waals surface area contributed by atoms with Crippen molar-refractivity contribution < 1.29 is 31.2 Å². The molecule has 1 unspecified atom stereocenters. The van der Waals surface area contributed by atoms with E-state index in [-0.39, 0.29) is 53.4 Å². The predicted molar refractivity (Wildman–Crippen MR) is 145 cm³/mol. The quantitative estimate of drug-likeness (QED) is 0.480. The largest absolute Gasteiger partial charge is 0.416 e. The van der Waals surface area contributed by atoms with Crippen LogP contribution in [0, 0.1) is 5.92 Å². The molecule has 220 valence electrons. The van der Waals surface area contributed by atoms with Gasteiger partial charge in [0, 0.05) is 35.9 Å². The molecule has 0 aromatic heterocycles. The summed E-state index contributed by atoms with van der Waals surface area (Å²) in [6.45, 7) is 9.52. The van der Waals surface area contributed by atoms with E-state index in [1.54, 1.807) is 25.7 Å². The second kappa shape index (κ2) is 11.3. The van der Waals surface area contributed by atoms with Gasteiger partial charge in [0.05, 0.1) is 16.1 Å². The number of hydrogen-bond donors (Lipinski definition) is 2. The van der Waals surface area contributed by atoms with Crippen LogP contribution < -0.4 is 11.1 Å². The molecule has 1 aromatic carbocycles. The molecule has 2 aliphatic rings. The third-order valence-corrected chi connectivity index (χ3v) is 10.9. The summed E-state index contributed by atoms with van der Waals surface area (Å²) in [6.07, 6.45) is -2.34. The number of anilines is 1. The van der Waals surface area contributed by atoms with Gasteiger partial charge in [0.2, 0.25) is 5.91 Å². The first kappa shape index (κ1) is 31.2. The van der Waals surface area contributed by atoms with E-state index >= 15 is 0 Å². The zero-order chi connectivity index (χ0) is 29.5. The lowest BCUT2D eigenvalue weighted by Crippen LogP contribution is -2.53. The molecule has 39 heavy (non-hydrogen) atoms. The van der Waals surface area contributed by atoms with Crippen molar-refractivity contribution in [1.29, 1.82) is 0 Å². The number of nitrogen functional groups attached to an aromatic ring is 1. The lowest BCUT2D eigenvalue weighted by atomic mass is 9.81. The van der Waals surface area contributed by atoms with Crippen molar-refractivity contribution in [1.82, 2.24) is 15.1 Å². The summed E-state index contributed by atoms with van der Waals surface area (Å²) in [5, 5.41) is 2.57. The molecule has 0 radical (unpaired) electrons. The molecule has 1 aliphatic carbocycles. The molecule has 1 aliphatic heterocycles. The molecule has 2 fully saturated rings. The molecule has 3 N–H and O–H groups in total. The Kier molecular flexibility index (Phi) is 9.01. The topological polar surface area (TPSA) is 113 Å². The minimum Gasteiger partial charge on any atom is -0.399 e. The van der Waals surface area contributed by atoms with Crippen LogP contribution in [-0.4, -0.2) is 78.3 Å². The summed E-state index contributed by atoms with van der Waals surface area (Å²) in [6, 6.07) is 1.84. The van der Waals surface area contributed by atoms with Gasteiger partial charge < -0.3 is 20.9 Å². The summed E-state index contributed by atoms with van der Waals surface area (Å²) in [5.41, 5.74) is 4.06. The Bertz CT molecular complexity index is 1180. The number of nitrogens with one attached hydrogen (secondary N) is 1. The SMILES string of the molecule is CC(C)N(C)[C@@H]1CC[C@H](N2CCC(NC(=O)c3cc(N)cc(C(F)(F)F)c3)C2=O)[C@H](CS(=O)(=O)C(C)(C)C)C1. The molecule has 0 bridgehead atoms. The van der Waals surface area contributed by atoms with Crippen LogP contribution in [0.5, 0.6) is 0 Å². The molecular formula is C27H41F3N4O4S. The molecule has 8 nitrogen and oxygen atoms in total. The smallest absolute Gasteiger partial charge is 0.399 e. The average Bonchev–Trinajstić information content (AvgIpc) is 3.16. The highest BCUT2D eigenvalue weighted by atomic mass is 32.2. The third kappa shape index (κ3) is 7.06. The molecule has 3 rings (SSSR count). The van der Waals surface area contributed by atoms with Gasteiger partial charge in [-0.15, -0.1) is 0 Å². The van der Waals surface area contributed by atoms with E-state index in [1.807, 2.05) is 7.05 Å². The average molecular weight is 575 g/mol. The number of carbonyl (C=O) groups is 2. The maximum atomic E-state index is 13.4. The van der Waals surface area contributed by atoms with Gasteiger partial charge in [-0.1, -0.05) is 0 Å². The van der Waals surface area contributed by atoms with Crippen LogP contribution in [0.15, 0.2) is 18.2 Å². The van der Waals surface area contributed by atoms with Crippen molar-refractivity contribution >= 4 is 27.3 Å². The fraction of sp³-hybridized carbons (Fsp3) is 0.704. The highest BCUT2D eigenvalue weighted by Gasteiger charge is 2.45. The van der Waals surface area contributed by atoms with Crippen molar-refractivity contribution in [2.75, 3.05) is 25.1 Å². The van der Waals surface area contributed by atoms with Crippen LogP contribution in [0.1, 0.15) is 76.2 Å². The molecule has 4 atom stereocenters. The van der Waals surface area contributed by atoms with Crippen molar-refractivity contribution in [3.8, 4) is 0 Å². The zero-order valence-corrected chi connectivity index (χ0v) is 24.3. The Morgan fingerprint density at radius 3 is 2.36 bits per heavy atom. The number of likely N-dealkylation sites (tertiary alicyclic amines) is 1. The van der Waals surface area contributed by atoms with E-state index in [1.165, 1.54) is 0 Å². The minimum absolute atomic E-state index is 0.0477. The fourth-order valence-electron chi connectivity index (χ4n) is 5.49. The molecule has 1 aromatic rings. The summed E-state index contributed by atoms with van der Waals surface area (Å²) < 4.78 is 65.0. The number of hydrogen-bond acceptors (Lipinski definition) is 6. The number of benzene rings is 1. The number of rotatable bonds is 7. The van der Waals surface area contributed by atoms with Crippen molar-refractivity contribution in [3.63, 3.8) is 0 Å². The lowest BCUT2D eigenvalue weighted by molar-refractivity contribution is -0.137. The number of alkyl halides is 3. The van der Waals surface area contributed by atoms with Crippen LogP contribution in [0.25, 0.3) is 0 Å². The first-order valence-corrected chi connectivity index (χ1v) is 15.0. The molecule has 0 spiro atoms. The Hall–Kier alpha value is -2.34. The van der Waals surface area contributed by atoms with Gasteiger partial charge in [0.15, 0.2) is 9.84 Å². The predicted octanol–water partition coefficient (Wildman–Crippen LogP) is 3.71. The number of carbonyl (C=O) groups excluding carboxylic acids is 2. The monoisotopic (exact) mass is 574 g/mol. The normalized spacial score (nSPS) is 25.0. The third-order valence-electron chi connectivity index (χ3n) is 8.16. The van der Waals surface area contributed by atoms with Crippen LogP contribution >= 0.6 is 0 Å². The molecule has 1 heterocycles. The molecule has 1 saturated carbocycles. The molecule has 1 saturated heterocycles. The number of amides is 2. The van der Waals surface area contributed by atoms with Gasteiger partial charge in [-0.05, 0) is 91.5 Å². The summed E-state index contributed by atoms with van der Waals surface area (Å²) in [5.74, 6) is -1.49. The maximum absolute atomic E-state index is 13.4. The van der Waals surface area contributed by atoms with Gasteiger partial charge in [-0.25, -0.2) is 8.42 Å². The summed E-state index contributed by atoms with van der Waals surface area (Å²) in [4.78, 5) is 30.2. The highest BCUT2D eigenvalue weighted by Crippen LogP contribution is 2.36. The van der Waals surface area contributed by atoms with Gasteiger partial charge in [-0.3, -0.25) is 9.59 Å². The summed E-state index contributed by atoms with van der Waals surface area (Å²) in [7, 11) is -1.44. The van der Waals surface area contributed by atoms with Gasteiger partial charge in [0.25, 0.3) is 5.91 Å². The van der Waals surface area contributed by atoms with E-state index in [0.717, 1.165) is 18.6 Å². The standard InChI is InChI=1S/C27H41F3N4O4S/c1-16(2)33(6)21-7-8-23(18(13-21)15-39(37,38)26(3,4)5)34-10-9-22(25(34)36)32-24(35)17-11-19(27(28,29)30)14-20(31)12-17/h11-12,14,16,18,21-23H,7-10,13,15,31H2,1-6H3,(H,32,35)/t18-,21+,22?,23-/m0/s1. The van der Waals surface area contributed by atoms with E-state index in [9.17, 15) is 31.2 Å². The van der Waals surface area contributed by atoms with Gasteiger partial charge in [0.1, 0.15) is 6.04 Å². The van der Waals surface area contributed by atoms with E-state index < -0.39 is 38.3 Å². The first-order chi connectivity index (χ1) is 17.8. The number of halogens is 3. The number of nitrogens with zero attached hydrogens (tertiary/aromatic N) is 2. The van der Waals surface area contributed by atoms with Crippen LogP contribution in [-0.2, 0) is 20.8 Å². The van der Waals surface area contributed by atoms with E-state index in [2.05, 4.69) is 24.1 Å². The minimum atomic E-state index is -4.67. The first-order valence-electron chi connectivity index (χ1n) is 13.3. The van der Waals surface area contributed by atoms with Crippen LogP contribution in [0.2, 0.25) is 0 Å². The van der Waals surface area contributed by atoms with Gasteiger partial charge >= 0.3 is 6.18 Å². The van der Waals surface area contributed by atoms with Crippen LogP contribution in [0.4, 0.5) is 18.9 Å². The van der Waals surface area contributed by atoms with Crippen molar-refractivity contribution in [2.45, 2.75) is 95.4 Å². The highest BCUT2D eigenvalue weighted by molar-refractivity contribution is 7.92. The Labute approximate surface area is 229 Å². The Morgan fingerprint density at radius 1 is 1.15 bits per heavy atom. The molecular weight excluding hydrogens is 533 g/mol. The van der Waals surface area contributed by atoms with Gasteiger partial charge in [-0.2, -0.15) is 13.2 Å². The second-order valence-corrected chi connectivity index (χ2v) is 14.9. The maximum Gasteiger partial charge on any atom is 0.416 e. The fourth-order valence-corrected chi connectivity index (χ4v) is 6.91. The zero-order valence-electron chi connectivity index (χ0n) is 23.5. The Morgan fingerprint density at radius 2 is 1.79 bits per heavy atom. The number of sulfone groups is 1. The van der Waals surface area contributed by atoms with E-state index in [0.29, 0.717) is 25.5 Å². The molecule has 2 amide bonds. The van der Waals surface area contributed by atoms with Crippen molar-refractivity contribution in [3.05, 3.63) is 29.3 Å². The second-order valence-electron chi connectivity index (χ2n) is 12.1. The lowest BCUT2D eigenvalue weighted by Gasteiger charge is -2.45. The Balaban J connectivity index is 1.79. The van der Waals surface area contributed by atoms with E-state index in [4.69, 9.17) is 5.73 Å². The van der Waals surface area contributed by atoms with Crippen molar-refractivity contribution in [2.24, 2.45) is 5.92 Å². The number of nitrogens with two attached hydrogens (primary N) is 1.